The number of anilines is 2. The minimum absolute atomic E-state index is 0.224. The number of nitrogens with one attached hydrogen (secondary N) is 2. The number of benzene rings is 6. The van der Waals surface area contributed by atoms with Crippen LogP contribution in [0, 0.1) is 20.8 Å². The summed E-state index contributed by atoms with van der Waals surface area (Å²) in [5.74, 6) is -1.54. The maximum atomic E-state index is 13.1. The Hall–Kier alpha value is -6.24. The first-order valence-corrected chi connectivity index (χ1v) is 23.4. The molecule has 0 aliphatic heterocycles. The van der Waals surface area contributed by atoms with E-state index >= 15 is 0 Å². The number of rotatable bonds is 17. The summed E-state index contributed by atoms with van der Waals surface area (Å²) in [6.45, 7) is 9.68. The number of hydrogen-bond acceptors (Lipinski definition) is 6. The largest absolute Gasteiger partial charge is 0.478 e. The number of carboxylic acids is 2. The smallest absolute Gasteiger partial charge is 0.335 e. The fourth-order valence-corrected chi connectivity index (χ4v) is 10.2. The van der Waals surface area contributed by atoms with Crippen LogP contribution in [0.25, 0.3) is 0 Å². The molecular formula is C50H54N2O8S2. The molecule has 0 heterocycles. The topological polar surface area (TPSA) is 167 Å². The maximum absolute atomic E-state index is 13.1. The molecule has 6 aromatic rings. The summed E-state index contributed by atoms with van der Waals surface area (Å²) < 4.78 is 57.5. The Morgan fingerprint density at radius 1 is 0.516 bits per heavy atom. The number of para-hydroxylation sites is 2. The van der Waals surface area contributed by atoms with Crippen LogP contribution in [0.5, 0.6) is 0 Å². The molecule has 0 atom stereocenters. The second-order valence-electron chi connectivity index (χ2n) is 15.6. The molecule has 0 radical (unpaired) electrons. The Kier molecular flexibility index (Phi) is 15.9. The molecule has 10 nitrogen and oxygen atoms in total. The molecule has 0 unspecified atom stereocenters. The Balaban J connectivity index is 0.000000234. The van der Waals surface area contributed by atoms with E-state index in [4.69, 9.17) is 0 Å². The highest BCUT2D eigenvalue weighted by Crippen LogP contribution is 2.28. The van der Waals surface area contributed by atoms with Gasteiger partial charge in [-0.3, -0.25) is 9.44 Å². The minimum atomic E-state index is -3.74. The summed E-state index contributed by atoms with van der Waals surface area (Å²) in [7, 11) is -7.44. The zero-order valence-corrected chi connectivity index (χ0v) is 37.3. The van der Waals surface area contributed by atoms with Crippen molar-refractivity contribution >= 4 is 43.4 Å². The van der Waals surface area contributed by atoms with E-state index < -0.39 is 32.0 Å². The molecule has 0 aromatic heterocycles. The third-order valence-electron chi connectivity index (χ3n) is 10.5. The molecule has 0 amide bonds. The summed E-state index contributed by atoms with van der Waals surface area (Å²) in [5.41, 5.74) is 8.55. The number of aromatic carboxylic acids is 2. The summed E-state index contributed by atoms with van der Waals surface area (Å²) in [4.78, 5) is 23.3. The molecule has 6 rings (SSSR count). The molecule has 0 aliphatic carbocycles. The van der Waals surface area contributed by atoms with E-state index in [1.54, 1.807) is 74.5 Å². The van der Waals surface area contributed by atoms with Crippen molar-refractivity contribution in [3.8, 4) is 0 Å². The molecule has 324 valence electrons. The monoisotopic (exact) mass is 874 g/mol. The Morgan fingerprint density at radius 2 is 0.887 bits per heavy atom. The molecule has 62 heavy (non-hydrogen) atoms. The summed E-state index contributed by atoms with van der Waals surface area (Å²) in [6.07, 6.45) is 3.84. The second kappa shape index (κ2) is 21.0. The van der Waals surface area contributed by atoms with Gasteiger partial charge in [-0.2, -0.15) is 0 Å². The van der Waals surface area contributed by atoms with Gasteiger partial charge < -0.3 is 10.2 Å². The molecule has 0 spiro atoms. The van der Waals surface area contributed by atoms with E-state index in [1.807, 2.05) is 79.7 Å². The lowest BCUT2D eigenvalue weighted by Crippen LogP contribution is -2.17. The average Bonchev–Trinajstić information content (AvgIpc) is 3.22. The highest BCUT2D eigenvalue weighted by atomic mass is 32.2. The van der Waals surface area contributed by atoms with Crippen LogP contribution < -0.4 is 9.44 Å². The van der Waals surface area contributed by atoms with Crippen molar-refractivity contribution in [1.82, 2.24) is 0 Å². The SMILES string of the molecule is CC(C)c1ccc(S(=O)(=O)Nc2ccccc2CCCc2ccccc2C(=O)O)cc1.Cc1cc(C)c(S(=O)(=O)Nc2ccccc2CCCc2ccccc2C(=O)O)c(C)c1. The van der Waals surface area contributed by atoms with Crippen molar-refractivity contribution in [3.05, 3.63) is 189 Å². The van der Waals surface area contributed by atoms with Crippen molar-refractivity contribution in [2.24, 2.45) is 0 Å². The number of sulfonamides is 2. The molecule has 6 aromatic carbocycles. The number of hydrogen-bond donors (Lipinski definition) is 4. The van der Waals surface area contributed by atoms with Crippen LogP contribution in [-0.2, 0) is 45.7 Å². The van der Waals surface area contributed by atoms with Gasteiger partial charge in [0.05, 0.1) is 32.3 Å². The van der Waals surface area contributed by atoms with Gasteiger partial charge in [0.1, 0.15) is 0 Å². The number of carbonyl (C=O) groups is 2. The van der Waals surface area contributed by atoms with Crippen LogP contribution in [-0.4, -0.2) is 39.0 Å². The van der Waals surface area contributed by atoms with Crippen LogP contribution in [0.15, 0.2) is 143 Å². The van der Waals surface area contributed by atoms with Gasteiger partial charge in [0, 0.05) is 0 Å². The van der Waals surface area contributed by atoms with Gasteiger partial charge >= 0.3 is 11.9 Å². The minimum Gasteiger partial charge on any atom is -0.478 e. The van der Waals surface area contributed by atoms with Crippen molar-refractivity contribution in [2.45, 2.75) is 88.9 Å². The summed E-state index contributed by atoms with van der Waals surface area (Å²) >= 11 is 0. The van der Waals surface area contributed by atoms with Crippen molar-refractivity contribution < 1.29 is 36.6 Å². The fraction of sp³-hybridized carbons (Fsp3) is 0.240. The Labute approximate surface area is 365 Å². The molecular weight excluding hydrogens is 821 g/mol. The van der Waals surface area contributed by atoms with Gasteiger partial charge in [-0.25, -0.2) is 26.4 Å². The lowest BCUT2D eigenvalue weighted by atomic mass is 9.99. The van der Waals surface area contributed by atoms with Gasteiger partial charge in [-0.05, 0) is 141 Å². The van der Waals surface area contributed by atoms with E-state index in [9.17, 15) is 36.6 Å². The molecule has 0 fully saturated rings. The van der Waals surface area contributed by atoms with Gasteiger partial charge in [-0.1, -0.05) is 116 Å². The summed E-state index contributed by atoms with van der Waals surface area (Å²) in [5, 5.41) is 18.7. The first kappa shape index (κ1) is 46.8. The fourth-order valence-electron chi connectivity index (χ4n) is 7.53. The number of carboxylic acid groups (broad SMARTS) is 2. The predicted molar refractivity (Wildman–Crippen MR) is 247 cm³/mol. The molecule has 0 saturated heterocycles. The third kappa shape index (κ3) is 12.4. The quantitative estimate of drug-likeness (QED) is 0.0702. The van der Waals surface area contributed by atoms with Gasteiger partial charge in [0.15, 0.2) is 0 Å². The van der Waals surface area contributed by atoms with E-state index in [0.717, 1.165) is 33.4 Å². The number of aryl methyl sites for hydroxylation is 7. The second-order valence-corrected chi connectivity index (χ2v) is 18.9. The average molecular weight is 875 g/mol. The Bertz CT molecular complexity index is 2720. The van der Waals surface area contributed by atoms with Crippen LogP contribution in [0.2, 0.25) is 0 Å². The van der Waals surface area contributed by atoms with E-state index in [1.165, 1.54) is 0 Å². The van der Waals surface area contributed by atoms with Crippen molar-refractivity contribution in [1.29, 1.82) is 0 Å². The van der Waals surface area contributed by atoms with Crippen LogP contribution in [0.4, 0.5) is 11.4 Å². The molecule has 4 N–H and O–H groups in total. The molecule has 12 heteroatoms. The first-order chi connectivity index (χ1) is 29.5. The third-order valence-corrected chi connectivity index (χ3v) is 13.6. The van der Waals surface area contributed by atoms with Gasteiger partial charge in [0.25, 0.3) is 20.0 Å². The molecule has 0 bridgehead atoms. The standard InChI is InChI=1S/2C25H27NO4S/c1-17-15-18(2)24(19(3)16-17)31(29,30)26-23-14-7-5-10-21(23)12-8-11-20-9-4-6-13-22(20)25(27)28;1-18(2)19-14-16-22(17-15-19)31(29,30)26-24-13-6-4-9-21(24)11-7-10-20-8-3-5-12-23(20)25(27)28/h4-7,9-10,13-16,26H,8,11-12H2,1-3H3,(H,27,28);3-6,8-9,12-18,26H,7,10-11H2,1-2H3,(H,27,28). The molecule has 0 aliphatic rings. The first-order valence-electron chi connectivity index (χ1n) is 20.5. The van der Waals surface area contributed by atoms with Crippen molar-refractivity contribution in [2.75, 3.05) is 9.44 Å². The van der Waals surface area contributed by atoms with E-state index in [-0.39, 0.29) is 4.90 Å². The predicted octanol–water partition coefficient (Wildman–Crippen LogP) is 10.8. The van der Waals surface area contributed by atoms with Crippen LogP contribution in [0.3, 0.4) is 0 Å². The summed E-state index contributed by atoms with van der Waals surface area (Å²) in [6, 6.07) is 39.2. The van der Waals surface area contributed by atoms with Crippen molar-refractivity contribution in [3.63, 3.8) is 0 Å². The maximum Gasteiger partial charge on any atom is 0.335 e. The van der Waals surface area contributed by atoms with E-state index in [0.29, 0.717) is 83.0 Å². The highest BCUT2D eigenvalue weighted by molar-refractivity contribution is 7.93. The van der Waals surface area contributed by atoms with Crippen LogP contribution in [0.1, 0.15) is 97.8 Å². The van der Waals surface area contributed by atoms with Gasteiger partial charge in [-0.15, -0.1) is 0 Å². The Morgan fingerprint density at radius 3 is 1.31 bits per heavy atom. The highest BCUT2D eigenvalue weighted by Gasteiger charge is 2.22. The zero-order chi connectivity index (χ0) is 45.0. The lowest BCUT2D eigenvalue weighted by molar-refractivity contribution is 0.0684. The zero-order valence-electron chi connectivity index (χ0n) is 35.7. The lowest BCUT2D eigenvalue weighted by Gasteiger charge is -2.16. The molecule has 0 saturated carbocycles. The normalized spacial score (nSPS) is 11.4. The van der Waals surface area contributed by atoms with E-state index in [2.05, 4.69) is 23.3 Å². The van der Waals surface area contributed by atoms with Gasteiger partial charge in [0.2, 0.25) is 0 Å². The van der Waals surface area contributed by atoms with Crippen LogP contribution >= 0.6 is 0 Å².